The molecule has 0 unspecified atom stereocenters. The number of ether oxygens (including phenoxy) is 3. The second-order valence-electron chi connectivity index (χ2n) is 5.14. The molecule has 1 amide bonds. The molecule has 24 heavy (non-hydrogen) atoms. The van der Waals surface area contributed by atoms with Crippen molar-refractivity contribution in [3.8, 4) is 17.4 Å². The van der Waals surface area contributed by atoms with Gasteiger partial charge in [0.15, 0.2) is 0 Å². The molecule has 0 aliphatic rings. The molecule has 0 spiro atoms. The summed E-state index contributed by atoms with van der Waals surface area (Å²) in [7, 11) is 3.11. The van der Waals surface area contributed by atoms with Crippen molar-refractivity contribution >= 4 is 11.9 Å². The van der Waals surface area contributed by atoms with Crippen molar-refractivity contribution in [3.05, 3.63) is 42.5 Å². The summed E-state index contributed by atoms with van der Waals surface area (Å²) in [5, 5.41) is 0. The third-order valence-corrected chi connectivity index (χ3v) is 3.33. The third-order valence-electron chi connectivity index (χ3n) is 3.33. The minimum atomic E-state index is -0.532. The Morgan fingerprint density at radius 3 is 2.50 bits per heavy atom. The van der Waals surface area contributed by atoms with Crippen molar-refractivity contribution in [2.24, 2.45) is 0 Å². The number of methoxy groups -OCH3 is 1. The number of hydrogen-bond acceptors (Lipinski definition) is 5. The van der Waals surface area contributed by atoms with Crippen molar-refractivity contribution < 1.29 is 19.0 Å². The Bertz CT molecular complexity index is 658. The molecular formula is C18H22N2O4. The molecule has 1 heterocycles. The average molecular weight is 330 g/mol. The van der Waals surface area contributed by atoms with Gasteiger partial charge in [-0.3, -0.25) is 4.90 Å². The predicted molar refractivity (Wildman–Crippen MR) is 92.1 cm³/mol. The zero-order valence-corrected chi connectivity index (χ0v) is 14.2. The highest BCUT2D eigenvalue weighted by atomic mass is 16.6. The largest absolute Gasteiger partial charge is 0.494 e. The van der Waals surface area contributed by atoms with Gasteiger partial charge in [-0.2, -0.15) is 4.98 Å². The van der Waals surface area contributed by atoms with Crippen LogP contribution in [-0.2, 0) is 0 Å². The average Bonchev–Trinajstić information content (AvgIpc) is 2.62. The van der Waals surface area contributed by atoms with Gasteiger partial charge in [-0.1, -0.05) is 19.4 Å². The Labute approximate surface area is 142 Å². The number of unbranched alkanes of at least 4 members (excludes halogenated alkanes) is 1. The van der Waals surface area contributed by atoms with E-state index in [0.717, 1.165) is 18.6 Å². The third kappa shape index (κ3) is 4.87. The van der Waals surface area contributed by atoms with Crippen LogP contribution in [0.1, 0.15) is 19.8 Å². The summed E-state index contributed by atoms with van der Waals surface area (Å²) in [5.41, 5.74) is 0. The number of anilines is 1. The van der Waals surface area contributed by atoms with Crippen LogP contribution in [0.4, 0.5) is 10.6 Å². The highest BCUT2D eigenvalue weighted by Gasteiger charge is 2.15. The van der Waals surface area contributed by atoms with E-state index < -0.39 is 6.09 Å². The number of rotatable bonds is 7. The summed E-state index contributed by atoms with van der Waals surface area (Å²) in [6.45, 7) is 2.79. The van der Waals surface area contributed by atoms with Crippen LogP contribution >= 0.6 is 0 Å². The number of hydrogen-bond donors (Lipinski definition) is 0. The molecule has 1 aromatic heterocycles. The number of aromatic nitrogens is 1. The molecule has 2 rings (SSSR count). The number of pyridine rings is 1. The van der Waals surface area contributed by atoms with E-state index in [1.165, 1.54) is 12.0 Å². The van der Waals surface area contributed by atoms with Gasteiger partial charge >= 0.3 is 6.09 Å². The molecule has 0 saturated carbocycles. The molecule has 1 aromatic carbocycles. The highest BCUT2D eigenvalue weighted by Crippen LogP contribution is 2.20. The van der Waals surface area contributed by atoms with Crippen molar-refractivity contribution in [1.82, 2.24) is 4.98 Å². The first-order valence-electron chi connectivity index (χ1n) is 7.83. The van der Waals surface area contributed by atoms with Crippen molar-refractivity contribution in [1.29, 1.82) is 0 Å². The molecule has 0 aliphatic carbocycles. The van der Waals surface area contributed by atoms with E-state index in [-0.39, 0.29) is 0 Å². The molecular weight excluding hydrogens is 308 g/mol. The van der Waals surface area contributed by atoms with E-state index in [4.69, 9.17) is 14.2 Å². The number of carbonyl (C=O) groups excluding carboxylic acids is 1. The number of benzene rings is 1. The van der Waals surface area contributed by atoms with Gasteiger partial charge < -0.3 is 14.2 Å². The second kappa shape index (κ2) is 8.76. The number of nitrogens with zero attached hydrogens (tertiary/aromatic N) is 2. The number of carbonyl (C=O) groups is 1. The molecule has 0 saturated heterocycles. The Hall–Kier alpha value is -2.76. The van der Waals surface area contributed by atoms with Gasteiger partial charge in [0.2, 0.25) is 5.88 Å². The van der Waals surface area contributed by atoms with E-state index in [1.807, 2.05) is 0 Å². The molecule has 0 N–H and O–H groups in total. The fourth-order valence-corrected chi connectivity index (χ4v) is 1.91. The molecule has 0 fully saturated rings. The Morgan fingerprint density at radius 1 is 1.12 bits per heavy atom. The quantitative estimate of drug-likeness (QED) is 0.721. The lowest BCUT2D eigenvalue weighted by atomic mass is 10.3. The maximum Gasteiger partial charge on any atom is 0.420 e. The summed E-state index contributed by atoms with van der Waals surface area (Å²) in [6.07, 6.45) is 1.56. The van der Waals surface area contributed by atoms with Gasteiger partial charge in [0.25, 0.3) is 0 Å². The first-order chi connectivity index (χ1) is 11.6. The lowest BCUT2D eigenvalue weighted by molar-refractivity contribution is 0.208. The minimum Gasteiger partial charge on any atom is -0.494 e. The van der Waals surface area contributed by atoms with Crippen LogP contribution in [0.2, 0.25) is 0 Å². The van der Waals surface area contributed by atoms with Crippen LogP contribution < -0.4 is 19.1 Å². The fraction of sp³-hybridized carbons (Fsp3) is 0.333. The predicted octanol–water partition coefficient (Wildman–Crippen LogP) is 3.90. The lowest BCUT2D eigenvalue weighted by Gasteiger charge is -2.16. The van der Waals surface area contributed by atoms with Crippen LogP contribution in [0.15, 0.2) is 42.5 Å². The molecule has 2 aromatic rings. The SMILES string of the molecule is CCCCOc1ccc(OC(=O)N(C)c2cccc(OC)n2)cc1. The van der Waals surface area contributed by atoms with Gasteiger partial charge in [-0.15, -0.1) is 0 Å². The number of amides is 1. The fourth-order valence-electron chi connectivity index (χ4n) is 1.91. The molecule has 0 aliphatic heterocycles. The summed E-state index contributed by atoms with van der Waals surface area (Å²) < 4.78 is 16.0. The monoisotopic (exact) mass is 330 g/mol. The van der Waals surface area contributed by atoms with Gasteiger partial charge in [0.05, 0.1) is 13.7 Å². The zero-order chi connectivity index (χ0) is 17.4. The highest BCUT2D eigenvalue weighted by molar-refractivity contribution is 5.87. The van der Waals surface area contributed by atoms with Crippen LogP contribution in [0.25, 0.3) is 0 Å². The van der Waals surface area contributed by atoms with Gasteiger partial charge in [-0.25, -0.2) is 4.79 Å². The van der Waals surface area contributed by atoms with Gasteiger partial charge in [0.1, 0.15) is 17.3 Å². The summed E-state index contributed by atoms with van der Waals surface area (Å²) in [5.74, 6) is 2.07. The van der Waals surface area contributed by atoms with E-state index in [9.17, 15) is 4.79 Å². The molecule has 6 heteroatoms. The van der Waals surface area contributed by atoms with E-state index in [2.05, 4.69) is 11.9 Å². The van der Waals surface area contributed by atoms with E-state index in [1.54, 1.807) is 49.5 Å². The Kier molecular flexibility index (Phi) is 6.42. The van der Waals surface area contributed by atoms with Crippen LogP contribution in [0.3, 0.4) is 0 Å². The first-order valence-corrected chi connectivity index (χ1v) is 7.83. The van der Waals surface area contributed by atoms with Gasteiger partial charge in [-0.05, 0) is 36.8 Å². The topological polar surface area (TPSA) is 60.9 Å². The van der Waals surface area contributed by atoms with Crippen molar-refractivity contribution in [2.45, 2.75) is 19.8 Å². The van der Waals surface area contributed by atoms with E-state index >= 15 is 0 Å². The van der Waals surface area contributed by atoms with E-state index in [0.29, 0.717) is 24.1 Å². The standard InChI is InChI=1S/C18H22N2O4/c1-4-5-13-23-14-9-11-15(12-10-14)24-18(21)20(2)16-7-6-8-17(19-16)22-3/h6-12H,4-5,13H2,1-3H3. The Balaban J connectivity index is 1.95. The molecule has 128 valence electrons. The van der Waals surface area contributed by atoms with Gasteiger partial charge in [0, 0.05) is 13.1 Å². The van der Waals surface area contributed by atoms with Crippen molar-refractivity contribution in [3.63, 3.8) is 0 Å². The summed E-state index contributed by atoms with van der Waals surface area (Å²) in [4.78, 5) is 17.7. The zero-order valence-electron chi connectivity index (χ0n) is 14.2. The molecule has 0 radical (unpaired) electrons. The van der Waals surface area contributed by atoms with Crippen LogP contribution in [-0.4, -0.2) is 31.8 Å². The normalized spacial score (nSPS) is 10.1. The first kappa shape index (κ1) is 17.6. The molecule has 0 bridgehead atoms. The molecule has 6 nitrogen and oxygen atoms in total. The maximum atomic E-state index is 12.2. The maximum absolute atomic E-state index is 12.2. The minimum absolute atomic E-state index is 0.431. The van der Waals surface area contributed by atoms with Crippen LogP contribution in [0, 0.1) is 0 Å². The smallest absolute Gasteiger partial charge is 0.420 e. The summed E-state index contributed by atoms with van der Waals surface area (Å²) >= 11 is 0. The molecule has 0 atom stereocenters. The summed E-state index contributed by atoms with van der Waals surface area (Å²) in [6, 6.07) is 12.1. The van der Waals surface area contributed by atoms with Crippen LogP contribution in [0.5, 0.6) is 17.4 Å². The van der Waals surface area contributed by atoms with Crippen molar-refractivity contribution in [2.75, 3.05) is 25.7 Å². The lowest BCUT2D eigenvalue weighted by Crippen LogP contribution is -2.30. The second-order valence-corrected chi connectivity index (χ2v) is 5.14. The Morgan fingerprint density at radius 2 is 1.83 bits per heavy atom.